The summed E-state index contributed by atoms with van der Waals surface area (Å²) in [4.78, 5) is 18.4. The van der Waals surface area contributed by atoms with Gasteiger partial charge in [0, 0.05) is 23.2 Å². The number of carbonyl (C=O) groups excluding carboxylic acids is 2. The lowest BCUT2D eigenvalue weighted by Gasteiger charge is -2.18. The highest BCUT2D eigenvalue weighted by Gasteiger charge is 2.34. The van der Waals surface area contributed by atoms with Crippen LogP contribution in [0.2, 0.25) is 0 Å². The Hall–Kier alpha value is -2.48. The lowest BCUT2D eigenvalue weighted by atomic mass is 10.1. The van der Waals surface area contributed by atoms with E-state index in [2.05, 4.69) is 17.9 Å². The summed E-state index contributed by atoms with van der Waals surface area (Å²) in [6.45, 7) is 1.66. The summed E-state index contributed by atoms with van der Waals surface area (Å²) < 4.78 is 45.0. The van der Waals surface area contributed by atoms with E-state index in [0.717, 1.165) is 16.5 Å². The molecular weight excluding hydrogens is 367 g/mol. The number of carbonyl (C=O) groups is 2. The SMILES string of the molecule is CNc1cccc(C(F)(F)F)c1COc1ccc(S)cc1C.O=CC=O. The van der Waals surface area contributed by atoms with Crippen molar-refractivity contribution in [3.05, 3.63) is 53.1 Å². The molecule has 0 aliphatic heterocycles. The summed E-state index contributed by atoms with van der Waals surface area (Å²) in [6.07, 6.45) is -4.03. The molecule has 0 radical (unpaired) electrons. The number of hydrogen-bond acceptors (Lipinski definition) is 5. The molecule has 0 spiro atoms. The average molecular weight is 385 g/mol. The number of thiol groups is 1. The van der Waals surface area contributed by atoms with Crippen LogP contribution in [0.5, 0.6) is 5.75 Å². The highest BCUT2D eigenvalue weighted by atomic mass is 32.1. The molecule has 0 saturated carbocycles. The van der Waals surface area contributed by atoms with Crippen LogP contribution in [-0.4, -0.2) is 19.6 Å². The molecule has 0 heterocycles. The first kappa shape index (κ1) is 21.6. The summed E-state index contributed by atoms with van der Waals surface area (Å²) in [7, 11) is 1.58. The van der Waals surface area contributed by atoms with Crippen molar-refractivity contribution < 1.29 is 27.5 Å². The van der Waals surface area contributed by atoms with E-state index in [4.69, 9.17) is 14.3 Å². The predicted molar refractivity (Wildman–Crippen MR) is 95.9 cm³/mol. The van der Waals surface area contributed by atoms with Crippen molar-refractivity contribution in [2.45, 2.75) is 24.6 Å². The van der Waals surface area contributed by atoms with Crippen molar-refractivity contribution in [1.29, 1.82) is 0 Å². The fraction of sp³-hybridized carbons (Fsp3) is 0.222. The number of ether oxygens (including phenoxy) is 1. The first-order valence-electron chi connectivity index (χ1n) is 7.42. The molecule has 2 rings (SSSR count). The number of nitrogens with one attached hydrogen (secondary N) is 1. The normalized spacial score (nSPS) is 10.4. The molecule has 1 N–H and O–H groups in total. The Bertz CT molecular complexity index is 758. The quantitative estimate of drug-likeness (QED) is 0.458. The number of anilines is 1. The summed E-state index contributed by atoms with van der Waals surface area (Å²) in [5.41, 5.74) is 0.621. The van der Waals surface area contributed by atoms with E-state index in [-0.39, 0.29) is 24.7 Å². The van der Waals surface area contributed by atoms with E-state index in [1.165, 1.54) is 6.07 Å². The number of aryl methyl sites for hydroxylation is 1. The summed E-state index contributed by atoms with van der Waals surface area (Å²) in [6, 6.07) is 9.26. The van der Waals surface area contributed by atoms with Crippen molar-refractivity contribution in [2.24, 2.45) is 0 Å². The molecule has 8 heteroatoms. The van der Waals surface area contributed by atoms with Gasteiger partial charge in [-0.3, -0.25) is 9.59 Å². The van der Waals surface area contributed by atoms with Crippen molar-refractivity contribution in [1.82, 2.24) is 0 Å². The molecule has 0 atom stereocenters. The Balaban J connectivity index is 0.000000765. The fourth-order valence-electron chi connectivity index (χ4n) is 2.19. The number of rotatable bonds is 5. The maximum atomic E-state index is 13.1. The zero-order valence-corrected chi connectivity index (χ0v) is 15.0. The fourth-order valence-corrected chi connectivity index (χ4v) is 2.46. The molecule has 0 fully saturated rings. The summed E-state index contributed by atoms with van der Waals surface area (Å²) in [5, 5.41) is 2.78. The molecule has 0 aliphatic rings. The van der Waals surface area contributed by atoms with Gasteiger partial charge in [-0.25, -0.2) is 0 Å². The molecule has 0 saturated heterocycles. The zero-order valence-electron chi connectivity index (χ0n) is 14.1. The van der Waals surface area contributed by atoms with Gasteiger partial charge in [0.25, 0.3) is 0 Å². The van der Waals surface area contributed by atoms with Gasteiger partial charge >= 0.3 is 6.18 Å². The van der Waals surface area contributed by atoms with Crippen LogP contribution in [0.15, 0.2) is 41.3 Å². The van der Waals surface area contributed by atoms with Crippen LogP contribution in [0.1, 0.15) is 16.7 Å². The maximum Gasteiger partial charge on any atom is 0.416 e. The first-order valence-corrected chi connectivity index (χ1v) is 7.87. The molecule has 0 unspecified atom stereocenters. The van der Waals surface area contributed by atoms with Crippen LogP contribution in [0, 0.1) is 6.92 Å². The van der Waals surface area contributed by atoms with Crippen molar-refractivity contribution in [2.75, 3.05) is 12.4 Å². The standard InChI is InChI=1S/C16H16F3NOS.C2H2O2/c1-10-8-11(22)6-7-15(10)21-9-12-13(16(17,18)19)4-3-5-14(12)20-2;3-1-2-4/h3-8,20,22H,9H2,1-2H3;1-2H. The Morgan fingerprint density at radius 2 is 1.81 bits per heavy atom. The van der Waals surface area contributed by atoms with Crippen molar-refractivity contribution in [3.63, 3.8) is 0 Å². The molecule has 0 aliphatic carbocycles. The zero-order chi connectivity index (χ0) is 19.7. The van der Waals surface area contributed by atoms with Gasteiger partial charge in [-0.05, 0) is 42.8 Å². The van der Waals surface area contributed by atoms with Gasteiger partial charge in [-0.15, -0.1) is 12.6 Å². The van der Waals surface area contributed by atoms with Crippen LogP contribution < -0.4 is 10.1 Å². The minimum atomic E-state index is -4.42. The van der Waals surface area contributed by atoms with Crippen LogP contribution >= 0.6 is 12.6 Å². The smallest absolute Gasteiger partial charge is 0.416 e. The topological polar surface area (TPSA) is 55.4 Å². The van der Waals surface area contributed by atoms with Gasteiger partial charge in [0.2, 0.25) is 0 Å². The second-order valence-electron chi connectivity index (χ2n) is 5.09. The number of alkyl halides is 3. The van der Waals surface area contributed by atoms with Crippen LogP contribution in [0.3, 0.4) is 0 Å². The van der Waals surface area contributed by atoms with Gasteiger partial charge in [0.05, 0.1) is 5.56 Å². The van der Waals surface area contributed by atoms with E-state index in [9.17, 15) is 13.2 Å². The number of aldehydes is 2. The number of benzene rings is 2. The third kappa shape index (κ3) is 6.11. The van der Waals surface area contributed by atoms with Gasteiger partial charge < -0.3 is 10.1 Å². The second kappa shape index (κ2) is 9.86. The lowest BCUT2D eigenvalue weighted by Crippen LogP contribution is -2.13. The first-order chi connectivity index (χ1) is 12.2. The Morgan fingerprint density at radius 1 is 1.15 bits per heavy atom. The highest BCUT2D eigenvalue weighted by molar-refractivity contribution is 7.80. The monoisotopic (exact) mass is 385 g/mol. The average Bonchev–Trinajstić information content (AvgIpc) is 2.60. The Labute approximate surface area is 154 Å². The van der Waals surface area contributed by atoms with E-state index < -0.39 is 11.7 Å². The molecule has 4 nitrogen and oxygen atoms in total. The number of halogens is 3. The van der Waals surface area contributed by atoms with E-state index >= 15 is 0 Å². The summed E-state index contributed by atoms with van der Waals surface area (Å²) >= 11 is 4.21. The number of hydrogen-bond donors (Lipinski definition) is 2. The molecule has 0 amide bonds. The highest BCUT2D eigenvalue weighted by Crippen LogP contribution is 2.36. The van der Waals surface area contributed by atoms with Crippen LogP contribution in [0.4, 0.5) is 18.9 Å². The summed E-state index contributed by atoms with van der Waals surface area (Å²) in [5.74, 6) is 0.539. The predicted octanol–water partition coefficient (Wildman–Crippen LogP) is 4.31. The minimum Gasteiger partial charge on any atom is -0.489 e. The minimum absolute atomic E-state index is 0.0897. The molecule has 140 valence electrons. The van der Waals surface area contributed by atoms with Crippen molar-refractivity contribution >= 4 is 30.9 Å². The van der Waals surface area contributed by atoms with Gasteiger partial charge in [0.1, 0.15) is 12.4 Å². The molecule has 0 aromatic heterocycles. The van der Waals surface area contributed by atoms with Gasteiger partial charge in [-0.2, -0.15) is 13.2 Å². The van der Waals surface area contributed by atoms with E-state index in [1.54, 1.807) is 31.3 Å². The largest absolute Gasteiger partial charge is 0.489 e. The van der Waals surface area contributed by atoms with Gasteiger partial charge in [0.15, 0.2) is 12.6 Å². The van der Waals surface area contributed by atoms with E-state index in [1.807, 2.05) is 6.92 Å². The van der Waals surface area contributed by atoms with Gasteiger partial charge in [-0.1, -0.05) is 6.07 Å². The lowest BCUT2D eigenvalue weighted by molar-refractivity contribution is -0.138. The maximum absolute atomic E-state index is 13.1. The molecule has 2 aromatic rings. The molecule has 26 heavy (non-hydrogen) atoms. The molecule has 2 aromatic carbocycles. The van der Waals surface area contributed by atoms with Crippen LogP contribution in [0.25, 0.3) is 0 Å². The Kier molecular flexibility index (Phi) is 8.18. The Morgan fingerprint density at radius 3 is 2.31 bits per heavy atom. The second-order valence-corrected chi connectivity index (χ2v) is 5.61. The van der Waals surface area contributed by atoms with Crippen molar-refractivity contribution in [3.8, 4) is 5.75 Å². The third-order valence-corrected chi connectivity index (χ3v) is 3.62. The van der Waals surface area contributed by atoms with Crippen LogP contribution in [-0.2, 0) is 22.4 Å². The molecule has 0 bridgehead atoms. The third-order valence-electron chi connectivity index (χ3n) is 3.34. The molecular formula is C18H18F3NO3S. The van der Waals surface area contributed by atoms with E-state index in [0.29, 0.717) is 11.4 Å².